The molecule has 0 saturated carbocycles. The summed E-state index contributed by atoms with van der Waals surface area (Å²) in [5, 5.41) is 3.93. The van der Waals surface area contributed by atoms with Gasteiger partial charge in [-0.1, -0.05) is 60.2 Å². The summed E-state index contributed by atoms with van der Waals surface area (Å²) in [5.74, 6) is 0. The number of halogens is 3. The number of alkyl halides is 3. The van der Waals surface area contributed by atoms with E-state index in [9.17, 15) is 26.4 Å². The van der Waals surface area contributed by atoms with Gasteiger partial charge in [-0.2, -0.15) is 13.2 Å². The highest BCUT2D eigenvalue weighted by Gasteiger charge is 2.31. The standard InChI is InChI=1S/C27H24F3N3O3S/c1-19-12-14-22(15-13-19)32-26(34)33(23-9-5-8-21(18-23)27(28,29)30)17-16-31-37(35,36)25-11-4-7-20-6-2-3-10-24(20)25/h2-15,18,31H,16-17H2,1H3,(H,32,34). The Morgan fingerprint density at radius 1 is 0.892 bits per heavy atom. The Morgan fingerprint density at radius 3 is 2.30 bits per heavy atom. The number of sulfonamides is 1. The molecule has 0 spiro atoms. The Balaban J connectivity index is 1.58. The van der Waals surface area contributed by atoms with Crippen molar-refractivity contribution in [2.24, 2.45) is 0 Å². The lowest BCUT2D eigenvalue weighted by Gasteiger charge is -2.24. The van der Waals surface area contributed by atoms with Crippen LogP contribution in [0.25, 0.3) is 10.8 Å². The van der Waals surface area contributed by atoms with Crippen LogP contribution in [0.4, 0.5) is 29.3 Å². The van der Waals surface area contributed by atoms with Crippen molar-refractivity contribution in [1.82, 2.24) is 4.72 Å². The van der Waals surface area contributed by atoms with E-state index >= 15 is 0 Å². The average Bonchev–Trinajstić information content (AvgIpc) is 2.87. The first-order chi connectivity index (χ1) is 17.5. The Morgan fingerprint density at radius 2 is 1.57 bits per heavy atom. The van der Waals surface area contributed by atoms with Crippen LogP contribution >= 0.6 is 0 Å². The van der Waals surface area contributed by atoms with Gasteiger partial charge in [0.25, 0.3) is 0 Å². The predicted octanol–water partition coefficient (Wildman–Crippen LogP) is 6.18. The van der Waals surface area contributed by atoms with Crippen molar-refractivity contribution in [2.45, 2.75) is 18.0 Å². The first kappa shape index (κ1) is 26.2. The molecule has 0 aliphatic heterocycles. The highest BCUT2D eigenvalue weighted by atomic mass is 32.2. The molecule has 0 aliphatic carbocycles. The molecule has 2 N–H and O–H groups in total. The normalized spacial score (nSPS) is 11.9. The van der Waals surface area contributed by atoms with Gasteiger partial charge in [0.2, 0.25) is 10.0 Å². The van der Waals surface area contributed by atoms with Crippen LogP contribution in [0.15, 0.2) is 95.9 Å². The van der Waals surface area contributed by atoms with Crippen LogP contribution in [0.2, 0.25) is 0 Å². The number of benzene rings is 4. The van der Waals surface area contributed by atoms with Gasteiger partial charge < -0.3 is 5.32 Å². The molecule has 0 saturated heterocycles. The van der Waals surface area contributed by atoms with Gasteiger partial charge >= 0.3 is 12.2 Å². The Hall–Kier alpha value is -3.89. The van der Waals surface area contributed by atoms with Crippen LogP contribution in [-0.2, 0) is 16.2 Å². The largest absolute Gasteiger partial charge is 0.416 e. The summed E-state index contributed by atoms with van der Waals surface area (Å²) < 4.78 is 68.6. The molecule has 0 bridgehead atoms. The number of nitrogens with one attached hydrogen (secondary N) is 2. The van der Waals surface area contributed by atoms with Crippen LogP contribution < -0.4 is 14.9 Å². The van der Waals surface area contributed by atoms with Crippen molar-refractivity contribution < 1.29 is 26.4 Å². The third kappa shape index (κ3) is 6.28. The number of rotatable bonds is 7. The van der Waals surface area contributed by atoms with Crippen LogP contribution in [0.3, 0.4) is 0 Å². The van der Waals surface area contributed by atoms with E-state index in [1.165, 1.54) is 18.2 Å². The molecule has 0 heterocycles. The van der Waals surface area contributed by atoms with Crippen LogP contribution in [0.5, 0.6) is 0 Å². The summed E-state index contributed by atoms with van der Waals surface area (Å²) >= 11 is 0. The summed E-state index contributed by atoms with van der Waals surface area (Å²) in [5.41, 5.74) is 0.470. The molecule has 4 rings (SSSR count). The Bertz CT molecular complexity index is 1520. The summed E-state index contributed by atoms with van der Waals surface area (Å²) in [6.07, 6.45) is -4.61. The molecule has 0 aromatic heterocycles. The van der Waals surface area contributed by atoms with Crippen LogP contribution in [-0.4, -0.2) is 27.5 Å². The van der Waals surface area contributed by atoms with Gasteiger partial charge in [0.15, 0.2) is 0 Å². The van der Waals surface area contributed by atoms with Gasteiger partial charge in [-0.25, -0.2) is 17.9 Å². The molecule has 192 valence electrons. The monoisotopic (exact) mass is 527 g/mol. The number of hydrogen-bond acceptors (Lipinski definition) is 3. The minimum atomic E-state index is -4.61. The second-order valence-corrected chi connectivity index (χ2v) is 10.1. The molecule has 0 atom stereocenters. The second kappa shape index (κ2) is 10.6. The fourth-order valence-electron chi connectivity index (χ4n) is 3.83. The highest BCUT2D eigenvalue weighted by Crippen LogP contribution is 2.32. The summed E-state index contributed by atoms with van der Waals surface area (Å²) in [6, 6.07) is 22.4. The maximum atomic E-state index is 13.3. The number of fused-ring (bicyclic) bond motifs is 1. The van der Waals surface area contributed by atoms with Gasteiger partial charge in [-0.15, -0.1) is 0 Å². The molecule has 0 radical (unpaired) electrons. The quantitative estimate of drug-likeness (QED) is 0.301. The third-order valence-electron chi connectivity index (χ3n) is 5.70. The minimum Gasteiger partial charge on any atom is -0.308 e. The molecule has 0 fully saturated rings. The number of aryl methyl sites for hydroxylation is 1. The number of hydrogen-bond donors (Lipinski definition) is 2. The maximum Gasteiger partial charge on any atom is 0.416 e. The molecular weight excluding hydrogens is 503 g/mol. The summed E-state index contributed by atoms with van der Waals surface area (Å²) in [4.78, 5) is 14.3. The number of nitrogens with zero attached hydrogens (tertiary/aromatic N) is 1. The molecular formula is C27H24F3N3O3S. The molecule has 10 heteroatoms. The van der Waals surface area contributed by atoms with Crippen LogP contribution in [0, 0.1) is 6.92 Å². The lowest BCUT2D eigenvalue weighted by molar-refractivity contribution is -0.137. The molecule has 6 nitrogen and oxygen atoms in total. The zero-order valence-corrected chi connectivity index (χ0v) is 20.6. The zero-order valence-electron chi connectivity index (χ0n) is 19.8. The maximum absolute atomic E-state index is 13.3. The predicted molar refractivity (Wildman–Crippen MR) is 138 cm³/mol. The van der Waals surface area contributed by atoms with Crippen molar-refractivity contribution in [3.63, 3.8) is 0 Å². The second-order valence-electron chi connectivity index (χ2n) is 8.37. The molecule has 0 unspecified atom stereocenters. The van der Waals surface area contributed by atoms with Gasteiger partial charge in [0, 0.05) is 29.9 Å². The van der Waals surface area contributed by atoms with Crippen molar-refractivity contribution in [1.29, 1.82) is 0 Å². The minimum absolute atomic E-state index is 0.0243. The first-order valence-corrected chi connectivity index (χ1v) is 12.8. The van der Waals surface area contributed by atoms with Crippen molar-refractivity contribution >= 4 is 38.2 Å². The van der Waals surface area contributed by atoms with E-state index in [0.29, 0.717) is 11.1 Å². The Labute approximate surface area is 212 Å². The van der Waals surface area contributed by atoms with E-state index in [4.69, 9.17) is 0 Å². The van der Waals surface area contributed by atoms with Gasteiger partial charge in [-0.05, 0) is 48.7 Å². The van der Waals surface area contributed by atoms with E-state index < -0.39 is 27.8 Å². The number of anilines is 2. The van der Waals surface area contributed by atoms with E-state index in [1.54, 1.807) is 60.7 Å². The number of urea groups is 1. The summed E-state index contributed by atoms with van der Waals surface area (Å²) in [7, 11) is -3.97. The lowest BCUT2D eigenvalue weighted by atomic mass is 10.1. The molecule has 2 amide bonds. The fraction of sp³-hybridized carbons (Fsp3) is 0.148. The SMILES string of the molecule is Cc1ccc(NC(=O)N(CCNS(=O)(=O)c2cccc3ccccc23)c2cccc(C(F)(F)F)c2)cc1. The van der Waals surface area contributed by atoms with Gasteiger partial charge in [-0.3, -0.25) is 4.90 Å². The first-order valence-electron chi connectivity index (χ1n) is 11.3. The fourth-order valence-corrected chi connectivity index (χ4v) is 5.07. The van der Waals surface area contributed by atoms with Crippen molar-refractivity contribution in [3.8, 4) is 0 Å². The van der Waals surface area contributed by atoms with Crippen LogP contribution in [0.1, 0.15) is 11.1 Å². The van der Waals surface area contributed by atoms with E-state index in [2.05, 4.69) is 10.0 Å². The van der Waals surface area contributed by atoms with E-state index in [1.807, 2.05) is 6.92 Å². The zero-order chi connectivity index (χ0) is 26.6. The molecule has 4 aromatic rings. The van der Waals surface area contributed by atoms with Gasteiger partial charge in [0.05, 0.1) is 10.5 Å². The highest BCUT2D eigenvalue weighted by molar-refractivity contribution is 7.89. The average molecular weight is 528 g/mol. The number of carbonyl (C=O) groups excluding carboxylic acids is 1. The van der Waals surface area contributed by atoms with E-state index in [-0.39, 0.29) is 23.7 Å². The van der Waals surface area contributed by atoms with Crippen molar-refractivity contribution in [2.75, 3.05) is 23.3 Å². The summed E-state index contributed by atoms with van der Waals surface area (Å²) in [6.45, 7) is 1.43. The number of amides is 2. The molecule has 4 aromatic carbocycles. The number of carbonyl (C=O) groups is 1. The molecule has 0 aliphatic rings. The smallest absolute Gasteiger partial charge is 0.308 e. The molecule has 37 heavy (non-hydrogen) atoms. The Kier molecular flexibility index (Phi) is 7.51. The topological polar surface area (TPSA) is 78.5 Å². The lowest BCUT2D eigenvalue weighted by Crippen LogP contribution is -2.41. The third-order valence-corrected chi connectivity index (χ3v) is 7.22. The van der Waals surface area contributed by atoms with Gasteiger partial charge in [0.1, 0.15) is 0 Å². The van der Waals surface area contributed by atoms with E-state index in [0.717, 1.165) is 28.0 Å². The van der Waals surface area contributed by atoms with Crippen molar-refractivity contribution in [3.05, 3.63) is 102 Å².